The van der Waals surface area contributed by atoms with E-state index >= 15 is 0 Å². The van der Waals surface area contributed by atoms with Crippen LogP contribution in [0.25, 0.3) is 0 Å². The van der Waals surface area contributed by atoms with Crippen molar-refractivity contribution in [1.82, 2.24) is 0 Å². The molecule has 0 fully saturated rings. The van der Waals surface area contributed by atoms with E-state index in [1.807, 2.05) is 0 Å². The predicted octanol–water partition coefficient (Wildman–Crippen LogP) is 1.72. The second kappa shape index (κ2) is 7.70. The van der Waals surface area contributed by atoms with Crippen molar-refractivity contribution in [2.75, 3.05) is 26.1 Å². The van der Waals surface area contributed by atoms with Gasteiger partial charge in [-0.1, -0.05) is 0 Å². The predicted molar refractivity (Wildman–Crippen MR) is 75.3 cm³/mol. The highest BCUT2D eigenvalue weighted by Gasteiger charge is 2.44. The largest absolute Gasteiger partial charge is 0.529 e. The molecule has 0 rings (SSSR count). The summed E-state index contributed by atoms with van der Waals surface area (Å²) in [6.07, 6.45) is -0.192. The molecule has 0 heterocycles. The van der Waals surface area contributed by atoms with E-state index in [4.69, 9.17) is 17.5 Å². The van der Waals surface area contributed by atoms with E-state index in [-0.39, 0.29) is 6.23 Å². The average Bonchev–Trinajstić information content (AvgIpc) is 2.26. The van der Waals surface area contributed by atoms with Gasteiger partial charge in [0.2, 0.25) is 0 Å². The standard InChI is InChI=1S/C11H26O6SSi/c1-7-15-19(16-8-2,17-9-3)10-14-18(12,13)11(4,5)6/h7-10H2,1-6H3. The van der Waals surface area contributed by atoms with Crippen LogP contribution in [0.4, 0.5) is 0 Å². The zero-order chi connectivity index (χ0) is 15.2. The second-order valence-corrected chi connectivity index (χ2v) is 9.70. The van der Waals surface area contributed by atoms with E-state index in [9.17, 15) is 8.42 Å². The first-order valence-electron chi connectivity index (χ1n) is 6.45. The number of rotatable bonds is 9. The summed E-state index contributed by atoms with van der Waals surface area (Å²) in [6.45, 7) is 11.3. The molecule has 8 heteroatoms. The monoisotopic (exact) mass is 314 g/mol. The Bertz CT molecular complexity index is 332. The van der Waals surface area contributed by atoms with Crippen molar-refractivity contribution in [3.8, 4) is 0 Å². The topological polar surface area (TPSA) is 71.1 Å². The zero-order valence-corrected chi connectivity index (χ0v) is 14.5. The Morgan fingerprint density at radius 3 is 1.53 bits per heavy atom. The molecule has 0 aromatic heterocycles. The van der Waals surface area contributed by atoms with Crippen molar-refractivity contribution in [2.45, 2.75) is 46.3 Å². The maximum Gasteiger partial charge on any atom is 0.529 e. The second-order valence-electron chi connectivity index (χ2n) is 4.81. The summed E-state index contributed by atoms with van der Waals surface area (Å²) in [5.74, 6) is 0. The molecule has 0 aromatic carbocycles. The van der Waals surface area contributed by atoms with Crippen LogP contribution in [0.2, 0.25) is 0 Å². The molecule has 0 aliphatic carbocycles. The molecule has 6 nitrogen and oxygen atoms in total. The molecule has 0 saturated carbocycles. The van der Waals surface area contributed by atoms with E-state index < -0.39 is 23.7 Å². The highest BCUT2D eigenvalue weighted by molar-refractivity contribution is 7.88. The van der Waals surface area contributed by atoms with Gasteiger partial charge in [-0.3, -0.25) is 4.18 Å². The van der Waals surface area contributed by atoms with Crippen LogP contribution in [0.1, 0.15) is 41.5 Å². The number of hydrogen-bond donors (Lipinski definition) is 0. The minimum Gasteiger partial charge on any atom is -0.372 e. The zero-order valence-electron chi connectivity index (χ0n) is 12.7. The normalized spacial score (nSPS) is 13.8. The van der Waals surface area contributed by atoms with Crippen LogP contribution in [0.5, 0.6) is 0 Å². The molecule has 0 aliphatic rings. The maximum absolute atomic E-state index is 11.9. The van der Waals surface area contributed by atoms with Gasteiger partial charge in [-0.25, -0.2) is 0 Å². The summed E-state index contributed by atoms with van der Waals surface area (Å²) < 4.78 is 44.5. The quantitative estimate of drug-likeness (QED) is 0.477. The van der Waals surface area contributed by atoms with E-state index in [2.05, 4.69) is 0 Å². The molecule has 0 radical (unpaired) electrons. The SMILES string of the molecule is CCO[Si](COS(=O)(=O)C(C)(C)C)(OCC)OCC. The fourth-order valence-electron chi connectivity index (χ4n) is 1.24. The molecular weight excluding hydrogens is 288 g/mol. The summed E-state index contributed by atoms with van der Waals surface area (Å²) in [6, 6.07) is 0. The molecule has 0 spiro atoms. The van der Waals surface area contributed by atoms with Crippen LogP contribution < -0.4 is 0 Å². The molecule has 0 amide bonds. The lowest BCUT2D eigenvalue weighted by atomic mass is 10.3. The van der Waals surface area contributed by atoms with Crippen LogP contribution >= 0.6 is 0 Å². The third-order valence-electron chi connectivity index (χ3n) is 2.23. The van der Waals surface area contributed by atoms with Crippen LogP contribution in [0, 0.1) is 0 Å². The minimum atomic E-state index is -3.69. The van der Waals surface area contributed by atoms with Crippen molar-refractivity contribution >= 4 is 18.9 Å². The Morgan fingerprint density at radius 1 is 0.895 bits per heavy atom. The summed E-state index contributed by atoms with van der Waals surface area (Å²) in [5.41, 5.74) is 0. The van der Waals surface area contributed by atoms with Crippen molar-refractivity contribution in [3.05, 3.63) is 0 Å². The van der Waals surface area contributed by atoms with Crippen LogP contribution in [0.15, 0.2) is 0 Å². The van der Waals surface area contributed by atoms with E-state index in [0.717, 1.165) is 0 Å². The van der Waals surface area contributed by atoms with Crippen molar-refractivity contribution < 1.29 is 25.9 Å². The van der Waals surface area contributed by atoms with Crippen LogP contribution in [-0.4, -0.2) is 48.0 Å². The average molecular weight is 314 g/mol. The summed E-state index contributed by atoms with van der Waals surface area (Å²) in [5, 5.41) is 0. The lowest BCUT2D eigenvalue weighted by Gasteiger charge is -2.29. The van der Waals surface area contributed by atoms with Gasteiger partial charge in [-0.05, 0) is 41.5 Å². The van der Waals surface area contributed by atoms with E-state index in [1.165, 1.54) is 0 Å². The highest BCUT2D eigenvalue weighted by atomic mass is 32.2. The Hall–Kier alpha value is 0.00688. The molecular formula is C11H26O6SSi. The van der Waals surface area contributed by atoms with Gasteiger partial charge in [-0.2, -0.15) is 8.42 Å². The van der Waals surface area contributed by atoms with Crippen molar-refractivity contribution in [1.29, 1.82) is 0 Å². The Labute approximate surface area is 117 Å². The maximum atomic E-state index is 11.9. The van der Waals surface area contributed by atoms with Gasteiger partial charge in [0.25, 0.3) is 10.1 Å². The molecule has 0 bridgehead atoms. The molecule has 0 aromatic rings. The third kappa shape index (κ3) is 5.88. The van der Waals surface area contributed by atoms with Crippen molar-refractivity contribution in [2.24, 2.45) is 0 Å². The number of hydrogen-bond acceptors (Lipinski definition) is 6. The molecule has 0 saturated heterocycles. The minimum absolute atomic E-state index is 0.192. The molecule has 19 heavy (non-hydrogen) atoms. The van der Waals surface area contributed by atoms with Gasteiger partial charge in [0.1, 0.15) is 6.23 Å². The van der Waals surface area contributed by atoms with E-state index in [1.54, 1.807) is 41.5 Å². The Morgan fingerprint density at radius 2 is 1.26 bits per heavy atom. The van der Waals surface area contributed by atoms with Gasteiger partial charge in [0.05, 0.1) is 4.75 Å². The highest BCUT2D eigenvalue weighted by Crippen LogP contribution is 2.20. The third-order valence-corrected chi connectivity index (χ3v) is 7.05. The Balaban J connectivity index is 4.92. The van der Waals surface area contributed by atoms with Crippen LogP contribution in [-0.2, 0) is 27.6 Å². The van der Waals surface area contributed by atoms with Gasteiger partial charge < -0.3 is 13.3 Å². The summed E-state index contributed by atoms with van der Waals surface area (Å²) in [4.78, 5) is 0. The molecule has 0 N–H and O–H groups in total. The summed E-state index contributed by atoms with van der Waals surface area (Å²) >= 11 is 0. The fourth-order valence-corrected chi connectivity index (χ4v) is 4.61. The first-order valence-corrected chi connectivity index (χ1v) is 9.79. The lowest BCUT2D eigenvalue weighted by Crippen LogP contribution is -2.52. The molecule has 0 unspecified atom stereocenters. The van der Waals surface area contributed by atoms with Gasteiger partial charge in [0, 0.05) is 19.8 Å². The molecule has 0 atom stereocenters. The molecule has 0 aliphatic heterocycles. The fraction of sp³-hybridized carbons (Fsp3) is 1.00. The van der Waals surface area contributed by atoms with Crippen molar-refractivity contribution in [3.63, 3.8) is 0 Å². The first kappa shape index (κ1) is 19.0. The van der Waals surface area contributed by atoms with E-state index in [0.29, 0.717) is 19.8 Å². The van der Waals surface area contributed by atoms with Gasteiger partial charge >= 0.3 is 8.80 Å². The Kier molecular flexibility index (Phi) is 7.70. The summed E-state index contributed by atoms with van der Waals surface area (Å²) in [7, 11) is -6.78. The van der Waals surface area contributed by atoms with Gasteiger partial charge in [-0.15, -0.1) is 0 Å². The smallest absolute Gasteiger partial charge is 0.372 e. The molecule has 116 valence electrons. The van der Waals surface area contributed by atoms with Crippen LogP contribution in [0.3, 0.4) is 0 Å². The lowest BCUT2D eigenvalue weighted by molar-refractivity contribution is 0.0545. The van der Waals surface area contributed by atoms with Gasteiger partial charge in [0.15, 0.2) is 0 Å². The first-order chi connectivity index (χ1) is 8.64.